The summed E-state index contributed by atoms with van der Waals surface area (Å²) < 4.78 is 5.23. The average Bonchev–Trinajstić information content (AvgIpc) is 2.34. The Balaban J connectivity index is 2.37. The van der Waals surface area contributed by atoms with Crippen LogP contribution in [0.25, 0.3) is 0 Å². The van der Waals surface area contributed by atoms with Gasteiger partial charge in [-0.2, -0.15) is 0 Å². The van der Waals surface area contributed by atoms with Crippen LogP contribution in [0.5, 0.6) is 5.75 Å². The Hall–Kier alpha value is -1.59. The van der Waals surface area contributed by atoms with Crippen LogP contribution >= 0.6 is 0 Å². The summed E-state index contributed by atoms with van der Waals surface area (Å²) in [5.41, 5.74) is 6.52. The molecular formula is C13H20N2O3. The summed E-state index contributed by atoms with van der Waals surface area (Å²) in [5.74, 6) is 0.653. The number of benzene rings is 1. The van der Waals surface area contributed by atoms with Gasteiger partial charge in [0.1, 0.15) is 12.4 Å². The summed E-state index contributed by atoms with van der Waals surface area (Å²) in [4.78, 5) is 11.4. The van der Waals surface area contributed by atoms with E-state index >= 15 is 0 Å². The molecule has 0 spiro atoms. The van der Waals surface area contributed by atoms with E-state index in [-0.39, 0.29) is 25.2 Å². The number of nitrogens with two attached hydrogens (primary N) is 1. The fourth-order valence-electron chi connectivity index (χ4n) is 1.43. The molecule has 0 radical (unpaired) electrons. The number of carbonyl (C=O) groups is 1. The maximum atomic E-state index is 11.4. The summed E-state index contributed by atoms with van der Waals surface area (Å²) in [6.45, 7) is 2.55. The lowest BCUT2D eigenvalue weighted by Gasteiger charge is -2.08. The Bertz CT molecular complexity index is 363. The third-order valence-corrected chi connectivity index (χ3v) is 2.28. The smallest absolute Gasteiger partial charge is 0.221 e. The Morgan fingerprint density at radius 1 is 1.44 bits per heavy atom. The molecule has 1 unspecified atom stereocenters. The molecule has 0 saturated heterocycles. The molecule has 1 amide bonds. The van der Waals surface area contributed by atoms with Crippen molar-refractivity contribution in [3.8, 4) is 5.75 Å². The minimum atomic E-state index is -0.126. The molecule has 100 valence electrons. The molecule has 5 nitrogen and oxygen atoms in total. The van der Waals surface area contributed by atoms with Crippen molar-refractivity contribution < 1.29 is 14.6 Å². The van der Waals surface area contributed by atoms with Crippen molar-refractivity contribution in [1.82, 2.24) is 5.32 Å². The normalized spacial score (nSPS) is 11.9. The van der Waals surface area contributed by atoms with Gasteiger partial charge in [-0.3, -0.25) is 4.79 Å². The van der Waals surface area contributed by atoms with E-state index in [0.717, 1.165) is 5.56 Å². The zero-order valence-corrected chi connectivity index (χ0v) is 10.6. The van der Waals surface area contributed by atoms with Crippen molar-refractivity contribution in [1.29, 1.82) is 0 Å². The Labute approximate surface area is 107 Å². The first-order valence-electron chi connectivity index (χ1n) is 5.96. The Morgan fingerprint density at radius 2 is 2.11 bits per heavy atom. The summed E-state index contributed by atoms with van der Waals surface area (Å²) in [6, 6.07) is 7.24. The minimum absolute atomic E-state index is 0.00488. The first-order valence-corrected chi connectivity index (χ1v) is 5.96. The summed E-state index contributed by atoms with van der Waals surface area (Å²) in [6.07, 6.45) is 0.331. The van der Waals surface area contributed by atoms with Gasteiger partial charge in [0.05, 0.1) is 6.61 Å². The number of rotatable bonds is 7. The number of nitrogens with one attached hydrogen (secondary N) is 1. The molecule has 5 heteroatoms. The van der Waals surface area contributed by atoms with Crippen LogP contribution in [0.2, 0.25) is 0 Å². The molecule has 4 N–H and O–H groups in total. The van der Waals surface area contributed by atoms with Gasteiger partial charge in [0.25, 0.3) is 0 Å². The Kier molecular flexibility index (Phi) is 6.18. The van der Waals surface area contributed by atoms with E-state index in [0.29, 0.717) is 18.7 Å². The molecule has 1 atom stereocenters. The molecule has 0 aliphatic rings. The molecule has 1 aromatic rings. The molecule has 0 fully saturated rings. The van der Waals surface area contributed by atoms with Crippen LogP contribution in [0.3, 0.4) is 0 Å². The number of hydrogen-bond donors (Lipinski definition) is 3. The quantitative estimate of drug-likeness (QED) is 0.656. The van der Waals surface area contributed by atoms with E-state index in [1.165, 1.54) is 0 Å². The van der Waals surface area contributed by atoms with E-state index in [1.807, 2.05) is 24.3 Å². The fraction of sp³-hybridized carbons (Fsp3) is 0.462. The molecule has 0 aliphatic heterocycles. The van der Waals surface area contributed by atoms with Crippen molar-refractivity contribution in [2.75, 3.05) is 13.2 Å². The first kappa shape index (κ1) is 14.5. The number of aliphatic hydroxyl groups is 1. The SMILES string of the molecule is CC(N)CC(=O)NCc1ccc(OCCO)cc1. The predicted molar refractivity (Wildman–Crippen MR) is 69.1 cm³/mol. The molecule has 0 heterocycles. The zero-order chi connectivity index (χ0) is 13.4. The Morgan fingerprint density at radius 3 is 2.67 bits per heavy atom. The monoisotopic (exact) mass is 252 g/mol. The van der Waals surface area contributed by atoms with Gasteiger partial charge < -0.3 is 20.9 Å². The maximum absolute atomic E-state index is 11.4. The van der Waals surface area contributed by atoms with E-state index in [9.17, 15) is 4.79 Å². The van der Waals surface area contributed by atoms with Crippen LogP contribution in [0.1, 0.15) is 18.9 Å². The van der Waals surface area contributed by atoms with Crippen molar-refractivity contribution in [2.45, 2.75) is 25.9 Å². The number of carbonyl (C=O) groups excluding carboxylic acids is 1. The van der Waals surface area contributed by atoms with Crippen LogP contribution < -0.4 is 15.8 Å². The maximum Gasteiger partial charge on any atom is 0.221 e. The summed E-state index contributed by atoms with van der Waals surface area (Å²) in [7, 11) is 0. The highest BCUT2D eigenvalue weighted by Crippen LogP contribution is 2.11. The largest absolute Gasteiger partial charge is 0.491 e. The van der Waals surface area contributed by atoms with Crippen molar-refractivity contribution in [3.63, 3.8) is 0 Å². The average molecular weight is 252 g/mol. The van der Waals surface area contributed by atoms with Gasteiger partial charge >= 0.3 is 0 Å². The zero-order valence-electron chi connectivity index (χ0n) is 10.6. The number of aliphatic hydroxyl groups excluding tert-OH is 1. The molecule has 1 rings (SSSR count). The van der Waals surface area contributed by atoms with Crippen LogP contribution in [0, 0.1) is 0 Å². The van der Waals surface area contributed by atoms with Gasteiger partial charge in [0.2, 0.25) is 5.91 Å². The third kappa shape index (κ3) is 5.65. The van der Waals surface area contributed by atoms with Crippen LogP contribution in [-0.2, 0) is 11.3 Å². The molecule has 0 aromatic heterocycles. The van der Waals surface area contributed by atoms with Gasteiger partial charge in [0, 0.05) is 19.0 Å². The lowest BCUT2D eigenvalue weighted by molar-refractivity contribution is -0.121. The highest BCUT2D eigenvalue weighted by Gasteiger charge is 2.04. The number of amides is 1. The second-order valence-electron chi connectivity index (χ2n) is 4.17. The second-order valence-corrected chi connectivity index (χ2v) is 4.17. The predicted octanol–water partition coefficient (Wildman–Crippen LogP) is 0.411. The van der Waals surface area contributed by atoms with E-state index in [2.05, 4.69) is 5.32 Å². The number of hydrogen-bond acceptors (Lipinski definition) is 4. The highest BCUT2D eigenvalue weighted by atomic mass is 16.5. The van der Waals surface area contributed by atoms with Gasteiger partial charge in [-0.1, -0.05) is 12.1 Å². The molecular weight excluding hydrogens is 232 g/mol. The molecule has 0 bridgehead atoms. The molecule has 0 saturated carbocycles. The molecule has 0 aliphatic carbocycles. The summed E-state index contributed by atoms with van der Waals surface area (Å²) >= 11 is 0. The standard InChI is InChI=1S/C13H20N2O3/c1-10(14)8-13(17)15-9-11-2-4-12(5-3-11)18-7-6-16/h2-5,10,16H,6-9,14H2,1H3,(H,15,17). The minimum Gasteiger partial charge on any atom is -0.491 e. The van der Waals surface area contributed by atoms with Gasteiger partial charge in [-0.15, -0.1) is 0 Å². The lowest BCUT2D eigenvalue weighted by atomic mass is 10.2. The van der Waals surface area contributed by atoms with Crippen LogP contribution in [-0.4, -0.2) is 30.3 Å². The molecule has 1 aromatic carbocycles. The van der Waals surface area contributed by atoms with Gasteiger partial charge in [0.15, 0.2) is 0 Å². The van der Waals surface area contributed by atoms with Crippen LogP contribution in [0.15, 0.2) is 24.3 Å². The van der Waals surface area contributed by atoms with E-state index in [4.69, 9.17) is 15.6 Å². The van der Waals surface area contributed by atoms with Crippen molar-refractivity contribution in [3.05, 3.63) is 29.8 Å². The van der Waals surface area contributed by atoms with E-state index in [1.54, 1.807) is 6.92 Å². The van der Waals surface area contributed by atoms with Crippen molar-refractivity contribution in [2.24, 2.45) is 5.73 Å². The van der Waals surface area contributed by atoms with Crippen LogP contribution in [0.4, 0.5) is 0 Å². The number of ether oxygens (including phenoxy) is 1. The fourth-order valence-corrected chi connectivity index (χ4v) is 1.43. The van der Waals surface area contributed by atoms with E-state index < -0.39 is 0 Å². The van der Waals surface area contributed by atoms with Crippen molar-refractivity contribution >= 4 is 5.91 Å². The summed E-state index contributed by atoms with van der Waals surface area (Å²) in [5, 5.41) is 11.4. The van der Waals surface area contributed by atoms with Gasteiger partial charge in [-0.05, 0) is 24.6 Å². The third-order valence-electron chi connectivity index (χ3n) is 2.28. The highest BCUT2D eigenvalue weighted by molar-refractivity contribution is 5.76. The second kappa shape index (κ2) is 7.68. The van der Waals surface area contributed by atoms with Gasteiger partial charge in [-0.25, -0.2) is 0 Å². The topological polar surface area (TPSA) is 84.6 Å². The lowest BCUT2D eigenvalue weighted by Crippen LogP contribution is -2.29. The first-order chi connectivity index (χ1) is 8.61. The molecule has 18 heavy (non-hydrogen) atoms.